The molecule has 0 radical (unpaired) electrons. The lowest BCUT2D eigenvalue weighted by molar-refractivity contribution is 0.0449. The molecule has 3 N–H and O–H groups in total. The first-order chi connectivity index (χ1) is 7.46. The Morgan fingerprint density at radius 1 is 1.38 bits per heavy atom. The number of β-amino-alcohol motifs (C(OH)–C–C–N with tert-alkyl or cyclic N) is 1. The maximum atomic E-state index is 10.1. The van der Waals surface area contributed by atoms with E-state index in [0.717, 1.165) is 30.8 Å². The van der Waals surface area contributed by atoms with Gasteiger partial charge in [-0.1, -0.05) is 0 Å². The molecule has 88 valence electrons. The minimum Gasteiger partial charge on any atom is -0.399 e. The summed E-state index contributed by atoms with van der Waals surface area (Å²) in [5.74, 6) is 0. The summed E-state index contributed by atoms with van der Waals surface area (Å²) in [5.41, 5.74) is 8.35. The Bertz CT molecular complexity index is 367. The van der Waals surface area contributed by atoms with Crippen molar-refractivity contribution in [1.82, 2.24) is 0 Å². The highest BCUT2D eigenvalue weighted by molar-refractivity contribution is 5.58. The van der Waals surface area contributed by atoms with Crippen molar-refractivity contribution < 1.29 is 5.11 Å². The van der Waals surface area contributed by atoms with Gasteiger partial charge in [-0.25, -0.2) is 0 Å². The maximum absolute atomic E-state index is 10.1. The maximum Gasteiger partial charge on any atom is 0.0794 e. The van der Waals surface area contributed by atoms with Crippen molar-refractivity contribution in [3.63, 3.8) is 0 Å². The monoisotopic (exact) mass is 220 g/mol. The van der Waals surface area contributed by atoms with E-state index < -0.39 is 5.60 Å². The number of hydrogen-bond donors (Lipinski definition) is 2. The van der Waals surface area contributed by atoms with Gasteiger partial charge in [0.1, 0.15) is 0 Å². The molecule has 3 heteroatoms. The smallest absolute Gasteiger partial charge is 0.0794 e. The van der Waals surface area contributed by atoms with Crippen LogP contribution in [0.2, 0.25) is 0 Å². The highest BCUT2D eigenvalue weighted by Crippen LogP contribution is 2.27. The molecule has 0 aliphatic carbocycles. The molecule has 1 fully saturated rings. The van der Waals surface area contributed by atoms with Crippen LogP contribution < -0.4 is 10.6 Å². The molecule has 1 aromatic rings. The van der Waals surface area contributed by atoms with E-state index in [4.69, 9.17) is 5.73 Å². The van der Waals surface area contributed by atoms with Gasteiger partial charge in [0.2, 0.25) is 0 Å². The zero-order valence-electron chi connectivity index (χ0n) is 10.0. The molecule has 1 aromatic carbocycles. The predicted octanol–water partition coefficient (Wildman–Crippen LogP) is 1.93. The average molecular weight is 220 g/mol. The van der Waals surface area contributed by atoms with Crippen molar-refractivity contribution in [3.05, 3.63) is 23.8 Å². The van der Waals surface area contributed by atoms with Crippen LogP contribution in [0, 0.1) is 6.92 Å². The van der Waals surface area contributed by atoms with Gasteiger partial charge in [0.15, 0.2) is 0 Å². The van der Waals surface area contributed by atoms with E-state index in [1.165, 1.54) is 5.56 Å². The van der Waals surface area contributed by atoms with Crippen molar-refractivity contribution in [3.8, 4) is 0 Å². The minimum atomic E-state index is -0.573. The minimum absolute atomic E-state index is 0.573. The molecular weight excluding hydrogens is 200 g/mol. The van der Waals surface area contributed by atoms with Gasteiger partial charge in [-0.2, -0.15) is 0 Å². The second kappa shape index (κ2) is 3.98. The van der Waals surface area contributed by atoms with Crippen LogP contribution >= 0.6 is 0 Å². The fourth-order valence-corrected chi connectivity index (χ4v) is 2.41. The van der Waals surface area contributed by atoms with Gasteiger partial charge in [0, 0.05) is 24.5 Å². The average Bonchev–Trinajstić information content (AvgIpc) is 2.14. The van der Waals surface area contributed by atoms with E-state index in [2.05, 4.69) is 11.0 Å². The summed E-state index contributed by atoms with van der Waals surface area (Å²) >= 11 is 0. The molecule has 1 heterocycles. The first kappa shape index (κ1) is 11.3. The van der Waals surface area contributed by atoms with E-state index in [1.54, 1.807) is 0 Å². The number of aryl methyl sites for hydroxylation is 1. The molecule has 1 aliphatic heterocycles. The van der Waals surface area contributed by atoms with Crippen molar-refractivity contribution in [2.75, 3.05) is 23.7 Å². The van der Waals surface area contributed by atoms with Crippen molar-refractivity contribution in [2.45, 2.75) is 32.3 Å². The van der Waals surface area contributed by atoms with Crippen molar-refractivity contribution in [2.24, 2.45) is 0 Å². The highest BCUT2D eigenvalue weighted by Gasteiger charge is 2.28. The van der Waals surface area contributed by atoms with Gasteiger partial charge >= 0.3 is 0 Å². The number of rotatable bonds is 1. The number of nitrogens with two attached hydrogens (primary N) is 1. The van der Waals surface area contributed by atoms with Crippen LogP contribution in [-0.2, 0) is 0 Å². The van der Waals surface area contributed by atoms with Crippen molar-refractivity contribution in [1.29, 1.82) is 0 Å². The van der Waals surface area contributed by atoms with Gasteiger partial charge < -0.3 is 15.7 Å². The van der Waals surface area contributed by atoms with Crippen LogP contribution in [0.4, 0.5) is 11.4 Å². The summed E-state index contributed by atoms with van der Waals surface area (Å²) in [6, 6.07) is 6.07. The second-order valence-corrected chi connectivity index (χ2v) is 5.12. The van der Waals surface area contributed by atoms with E-state index in [0.29, 0.717) is 6.54 Å². The standard InChI is InChI=1S/C13H20N2O/c1-10-6-11(14)8-12(7-10)15-5-3-4-13(2,16)9-15/h6-8,16H,3-5,9,14H2,1-2H3. The van der Waals surface area contributed by atoms with Crippen LogP contribution in [0.5, 0.6) is 0 Å². The van der Waals surface area contributed by atoms with E-state index in [-0.39, 0.29) is 0 Å². The molecule has 0 spiro atoms. The number of nitrogens with zero attached hydrogens (tertiary/aromatic N) is 1. The Morgan fingerprint density at radius 3 is 2.75 bits per heavy atom. The number of piperidine rings is 1. The zero-order valence-corrected chi connectivity index (χ0v) is 10.0. The van der Waals surface area contributed by atoms with Crippen LogP contribution in [0.1, 0.15) is 25.3 Å². The number of nitrogen functional groups attached to an aromatic ring is 1. The van der Waals surface area contributed by atoms with Gasteiger partial charge in [-0.3, -0.25) is 0 Å². The molecule has 16 heavy (non-hydrogen) atoms. The van der Waals surface area contributed by atoms with Crippen LogP contribution in [-0.4, -0.2) is 23.8 Å². The van der Waals surface area contributed by atoms with E-state index in [1.807, 2.05) is 26.0 Å². The van der Waals surface area contributed by atoms with Gasteiger partial charge in [-0.05, 0) is 50.5 Å². The lowest BCUT2D eigenvalue weighted by Gasteiger charge is -2.38. The Kier molecular flexibility index (Phi) is 2.80. The Balaban J connectivity index is 2.23. The Hall–Kier alpha value is -1.22. The first-order valence-corrected chi connectivity index (χ1v) is 5.81. The lowest BCUT2D eigenvalue weighted by Crippen LogP contribution is -2.46. The van der Waals surface area contributed by atoms with Gasteiger partial charge in [0.05, 0.1) is 5.60 Å². The van der Waals surface area contributed by atoms with Crippen LogP contribution in [0.25, 0.3) is 0 Å². The molecule has 0 saturated carbocycles. The summed E-state index contributed by atoms with van der Waals surface area (Å²) in [6.07, 6.45) is 1.91. The quantitative estimate of drug-likeness (QED) is 0.711. The summed E-state index contributed by atoms with van der Waals surface area (Å²) < 4.78 is 0. The summed E-state index contributed by atoms with van der Waals surface area (Å²) in [6.45, 7) is 5.63. The third kappa shape index (κ3) is 2.47. The molecular formula is C13H20N2O. The molecule has 3 nitrogen and oxygen atoms in total. The largest absolute Gasteiger partial charge is 0.399 e. The molecule has 1 unspecified atom stereocenters. The fourth-order valence-electron chi connectivity index (χ4n) is 2.41. The fraction of sp³-hybridized carbons (Fsp3) is 0.538. The number of anilines is 2. The summed E-state index contributed by atoms with van der Waals surface area (Å²) in [5, 5.41) is 10.1. The Morgan fingerprint density at radius 2 is 2.12 bits per heavy atom. The van der Waals surface area contributed by atoms with E-state index >= 15 is 0 Å². The summed E-state index contributed by atoms with van der Waals surface area (Å²) in [7, 11) is 0. The third-order valence-electron chi connectivity index (χ3n) is 3.12. The lowest BCUT2D eigenvalue weighted by atomic mass is 9.94. The van der Waals surface area contributed by atoms with Crippen molar-refractivity contribution >= 4 is 11.4 Å². The third-order valence-corrected chi connectivity index (χ3v) is 3.12. The molecule has 2 rings (SSSR count). The predicted molar refractivity (Wildman–Crippen MR) is 67.7 cm³/mol. The normalized spacial score (nSPS) is 25.8. The van der Waals surface area contributed by atoms with Gasteiger partial charge in [0.25, 0.3) is 0 Å². The van der Waals surface area contributed by atoms with Crippen LogP contribution in [0.15, 0.2) is 18.2 Å². The number of hydrogen-bond acceptors (Lipinski definition) is 3. The SMILES string of the molecule is Cc1cc(N)cc(N2CCCC(C)(O)C2)c1. The molecule has 1 saturated heterocycles. The number of benzene rings is 1. The zero-order chi connectivity index (χ0) is 11.8. The molecule has 0 aromatic heterocycles. The summed E-state index contributed by atoms with van der Waals surface area (Å²) in [4.78, 5) is 2.22. The molecule has 1 atom stereocenters. The second-order valence-electron chi connectivity index (χ2n) is 5.12. The number of aliphatic hydroxyl groups is 1. The Labute approximate surface area is 96.9 Å². The highest BCUT2D eigenvalue weighted by atomic mass is 16.3. The van der Waals surface area contributed by atoms with Crippen LogP contribution in [0.3, 0.4) is 0 Å². The first-order valence-electron chi connectivity index (χ1n) is 5.81. The molecule has 0 amide bonds. The molecule has 1 aliphatic rings. The van der Waals surface area contributed by atoms with Gasteiger partial charge in [-0.15, -0.1) is 0 Å². The molecule has 0 bridgehead atoms. The topological polar surface area (TPSA) is 49.5 Å². The van der Waals surface area contributed by atoms with E-state index in [9.17, 15) is 5.11 Å².